The van der Waals surface area contributed by atoms with E-state index in [1.54, 1.807) is 24.2 Å². The van der Waals surface area contributed by atoms with Gasteiger partial charge in [0.15, 0.2) is 28.9 Å². The second-order valence-electron chi connectivity index (χ2n) is 8.30. The summed E-state index contributed by atoms with van der Waals surface area (Å²) in [6.45, 7) is 0. The lowest BCUT2D eigenvalue weighted by atomic mass is 9.79. The zero-order valence-corrected chi connectivity index (χ0v) is 17.6. The molecule has 0 radical (unpaired) electrons. The van der Waals surface area contributed by atoms with Gasteiger partial charge < -0.3 is 10.0 Å². The van der Waals surface area contributed by atoms with Gasteiger partial charge in [-0.15, -0.1) is 0 Å². The molecule has 2 aliphatic rings. The van der Waals surface area contributed by atoms with Gasteiger partial charge in [0.05, 0.1) is 6.04 Å². The quantitative estimate of drug-likeness (QED) is 0.600. The van der Waals surface area contributed by atoms with Crippen molar-refractivity contribution in [1.29, 1.82) is 0 Å². The number of amides is 1. The van der Waals surface area contributed by atoms with E-state index in [9.17, 15) is 27.9 Å². The highest BCUT2D eigenvalue weighted by molar-refractivity contribution is 5.96. The minimum absolute atomic E-state index is 0.0209. The SMILES string of the molecule is CN1C(=O)c2c(O)c(=O)ccn2N2C(c3ccccc3)C(c3ccc(F)c(F)c3F)CCC12. The number of benzene rings is 2. The number of rotatable bonds is 2. The molecular weight excluding hydrogens is 435 g/mol. The summed E-state index contributed by atoms with van der Waals surface area (Å²) in [6, 6.07) is 11.8. The van der Waals surface area contributed by atoms with Crippen molar-refractivity contribution < 1.29 is 23.1 Å². The van der Waals surface area contributed by atoms with Crippen LogP contribution in [-0.2, 0) is 0 Å². The van der Waals surface area contributed by atoms with Crippen molar-refractivity contribution in [3.05, 3.63) is 99.2 Å². The van der Waals surface area contributed by atoms with Gasteiger partial charge in [-0.05, 0) is 30.0 Å². The molecule has 0 aliphatic carbocycles. The molecule has 5 rings (SSSR count). The van der Waals surface area contributed by atoms with E-state index in [2.05, 4.69) is 0 Å². The van der Waals surface area contributed by atoms with E-state index in [0.29, 0.717) is 12.8 Å². The first-order valence-electron chi connectivity index (χ1n) is 10.5. The molecule has 3 aromatic rings. The summed E-state index contributed by atoms with van der Waals surface area (Å²) in [5, 5.41) is 12.2. The first-order valence-corrected chi connectivity index (χ1v) is 10.5. The predicted molar refractivity (Wildman–Crippen MR) is 114 cm³/mol. The van der Waals surface area contributed by atoms with Gasteiger partial charge >= 0.3 is 0 Å². The molecule has 0 spiro atoms. The Morgan fingerprint density at radius 1 is 0.939 bits per heavy atom. The third kappa shape index (κ3) is 3.10. The molecule has 170 valence electrons. The van der Waals surface area contributed by atoms with Crippen LogP contribution in [0.2, 0.25) is 0 Å². The average molecular weight is 455 g/mol. The monoisotopic (exact) mass is 455 g/mol. The molecule has 1 N–H and O–H groups in total. The smallest absolute Gasteiger partial charge is 0.277 e. The fourth-order valence-corrected chi connectivity index (χ4v) is 5.04. The maximum Gasteiger partial charge on any atom is 0.277 e. The number of halogens is 3. The van der Waals surface area contributed by atoms with E-state index in [-0.39, 0.29) is 11.3 Å². The molecule has 0 saturated carbocycles. The van der Waals surface area contributed by atoms with E-state index >= 15 is 0 Å². The van der Waals surface area contributed by atoms with Gasteiger partial charge in [0.25, 0.3) is 5.91 Å². The zero-order valence-electron chi connectivity index (χ0n) is 17.6. The second kappa shape index (κ2) is 7.68. The molecule has 3 unspecified atom stereocenters. The average Bonchev–Trinajstić information content (AvgIpc) is 2.82. The lowest BCUT2D eigenvalue weighted by Gasteiger charge is -2.54. The van der Waals surface area contributed by atoms with Gasteiger partial charge in [0, 0.05) is 25.2 Å². The number of hydrogen-bond acceptors (Lipinski definition) is 4. The van der Waals surface area contributed by atoms with Crippen LogP contribution in [0.1, 0.15) is 46.4 Å². The number of aromatic nitrogens is 1. The number of fused-ring (bicyclic) bond motifs is 3. The van der Waals surface area contributed by atoms with Crippen LogP contribution in [0, 0.1) is 17.5 Å². The first kappa shape index (κ1) is 21.1. The van der Waals surface area contributed by atoms with Crippen LogP contribution >= 0.6 is 0 Å². The molecule has 3 atom stereocenters. The number of nitrogens with zero attached hydrogens (tertiary/aromatic N) is 3. The van der Waals surface area contributed by atoms with Crippen molar-refractivity contribution in [3.8, 4) is 5.75 Å². The topological polar surface area (TPSA) is 65.8 Å². The van der Waals surface area contributed by atoms with Gasteiger partial charge in [0.2, 0.25) is 5.43 Å². The second-order valence-corrected chi connectivity index (χ2v) is 8.30. The minimum atomic E-state index is -1.53. The first-order chi connectivity index (χ1) is 15.8. The van der Waals surface area contributed by atoms with Crippen LogP contribution in [0.25, 0.3) is 0 Å². The highest BCUT2D eigenvalue weighted by Gasteiger charge is 2.47. The number of carbonyl (C=O) groups is 1. The summed E-state index contributed by atoms with van der Waals surface area (Å²) < 4.78 is 44.2. The summed E-state index contributed by atoms with van der Waals surface area (Å²) >= 11 is 0. The largest absolute Gasteiger partial charge is 0.502 e. The van der Waals surface area contributed by atoms with Crippen LogP contribution in [0.5, 0.6) is 5.75 Å². The lowest BCUT2D eigenvalue weighted by Crippen LogP contribution is -2.63. The molecule has 3 heterocycles. The van der Waals surface area contributed by atoms with Gasteiger partial charge in [-0.3, -0.25) is 19.3 Å². The van der Waals surface area contributed by atoms with Crippen molar-refractivity contribution in [2.75, 3.05) is 12.1 Å². The normalized spacial score (nSPS) is 22.2. The predicted octanol–water partition coefficient (Wildman–Crippen LogP) is 3.64. The van der Waals surface area contributed by atoms with Crippen LogP contribution < -0.4 is 10.4 Å². The standard InChI is InChI=1S/C24H20F3N3O3/c1-28-18-10-8-15(14-7-9-16(25)20(27)19(14)26)21(13-5-3-2-4-6-13)30(18)29-12-11-17(31)23(32)22(29)24(28)33/h2-7,9,11-12,15,18,21,32H,8,10H2,1H3. The Labute approximate surface area is 187 Å². The summed E-state index contributed by atoms with van der Waals surface area (Å²) in [5.74, 6) is -5.85. The van der Waals surface area contributed by atoms with Crippen LogP contribution in [0.3, 0.4) is 0 Å². The molecule has 33 heavy (non-hydrogen) atoms. The molecule has 1 amide bonds. The van der Waals surface area contributed by atoms with Crippen molar-refractivity contribution >= 4 is 5.91 Å². The van der Waals surface area contributed by atoms with E-state index in [0.717, 1.165) is 17.7 Å². The molecule has 2 aliphatic heterocycles. The fourth-order valence-electron chi connectivity index (χ4n) is 5.04. The Balaban J connectivity index is 1.76. The van der Waals surface area contributed by atoms with E-state index in [4.69, 9.17) is 0 Å². The third-order valence-electron chi connectivity index (χ3n) is 6.59. The van der Waals surface area contributed by atoms with Gasteiger partial charge in [-0.2, -0.15) is 0 Å². The Kier molecular flexibility index (Phi) is 4.92. The molecule has 1 fully saturated rings. The van der Waals surface area contributed by atoms with Crippen molar-refractivity contribution in [2.24, 2.45) is 0 Å². The van der Waals surface area contributed by atoms with E-state index in [1.165, 1.54) is 21.8 Å². The van der Waals surface area contributed by atoms with Crippen molar-refractivity contribution in [1.82, 2.24) is 9.58 Å². The third-order valence-corrected chi connectivity index (χ3v) is 6.59. The lowest BCUT2D eigenvalue weighted by molar-refractivity contribution is 0.0531. The van der Waals surface area contributed by atoms with Crippen LogP contribution in [0.15, 0.2) is 59.5 Å². The molecule has 1 aromatic heterocycles. The molecule has 1 saturated heterocycles. The highest BCUT2D eigenvalue weighted by atomic mass is 19.2. The molecule has 0 bridgehead atoms. The summed E-state index contributed by atoms with van der Waals surface area (Å²) in [7, 11) is 1.57. The van der Waals surface area contributed by atoms with E-state index < -0.39 is 52.7 Å². The Bertz CT molecular complexity index is 1310. The summed E-state index contributed by atoms with van der Waals surface area (Å²) in [6.07, 6.45) is 1.72. The fraction of sp³-hybridized carbons (Fsp3) is 0.250. The molecule has 2 aromatic carbocycles. The van der Waals surface area contributed by atoms with Gasteiger partial charge in [-0.1, -0.05) is 36.4 Å². The zero-order chi connectivity index (χ0) is 23.4. The molecule has 9 heteroatoms. The Morgan fingerprint density at radius 3 is 2.39 bits per heavy atom. The van der Waals surface area contributed by atoms with Gasteiger partial charge in [-0.25, -0.2) is 13.2 Å². The minimum Gasteiger partial charge on any atom is -0.502 e. The maximum absolute atomic E-state index is 14.9. The maximum atomic E-state index is 14.9. The van der Waals surface area contributed by atoms with Gasteiger partial charge in [0.1, 0.15) is 6.17 Å². The number of aromatic hydroxyl groups is 1. The van der Waals surface area contributed by atoms with Crippen LogP contribution in [-0.4, -0.2) is 33.8 Å². The molecule has 6 nitrogen and oxygen atoms in total. The highest BCUT2D eigenvalue weighted by Crippen LogP contribution is 2.47. The summed E-state index contributed by atoms with van der Waals surface area (Å²) in [4.78, 5) is 26.5. The number of piperidine rings is 1. The Morgan fingerprint density at radius 2 is 1.67 bits per heavy atom. The number of pyridine rings is 1. The Hall–Kier alpha value is -3.75. The number of hydrogen-bond donors (Lipinski definition) is 1. The summed E-state index contributed by atoms with van der Waals surface area (Å²) in [5.41, 5.74) is -0.123. The molecular formula is C24H20F3N3O3. The van der Waals surface area contributed by atoms with E-state index in [1.807, 2.05) is 18.2 Å². The van der Waals surface area contributed by atoms with Crippen molar-refractivity contribution in [2.45, 2.75) is 31.0 Å². The van der Waals surface area contributed by atoms with Crippen molar-refractivity contribution in [3.63, 3.8) is 0 Å². The number of carbonyl (C=O) groups excluding carboxylic acids is 1. The van der Waals surface area contributed by atoms with Crippen LogP contribution in [0.4, 0.5) is 13.2 Å².